The van der Waals surface area contributed by atoms with Crippen molar-refractivity contribution in [2.45, 2.75) is 239 Å². The summed E-state index contributed by atoms with van der Waals surface area (Å²) in [5, 5.41) is 0. The number of carbonyl (C=O) groups excluding carboxylic acids is 2. The zero-order chi connectivity index (χ0) is 45.7. The van der Waals surface area contributed by atoms with Crippen LogP contribution in [0.2, 0.25) is 0 Å². The monoisotopic (exact) mass is 1100 g/mol. The van der Waals surface area contributed by atoms with Crippen LogP contribution in [0.5, 0.6) is 0 Å². The molecule has 0 aliphatic heterocycles. The number of rotatable bonds is 24. The van der Waals surface area contributed by atoms with Crippen LogP contribution in [0.25, 0.3) is 0 Å². The molecule has 0 spiro atoms. The summed E-state index contributed by atoms with van der Waals surface area (Å²) in [6.45, 7) is 54.1. The standard InChI is InChI=1S/4C9H22O3P.2CHO.2Rh/c4*1-7(2)10-13(11-8(3)4)12-9(5)6;2*1-2;;/h4*7-9,13H,1-6H3;2*1H;;/q4*+1;2*-1;;+2. The van der Waals surface area contributed by atoms with Crippen molar-refractivity contribution >= 4 is 48.0 Å². The van der Waals surface area contributed by atoms with Gasteiger partial charge in [-0.25, -0.2) is 0 Å². The largest absolute Gasteiger partial charge is 2.00 e. The minimum absolute atomic E-state index is 0. The maximum Gasteiger partial charge on any atom is 2.00 e. The first-order chi connectivity index (χ1) is 25.7. The van der Waals surface area contributed by atoms with Crippen LogP contribution in [0, 0.1) is 0 Å². The summed E-state index contributed by atoms with van der Waals surface area (Å²) >= 11 is 0. The average Bonchev–Trinajstić information content (AvgIpc) is 2.96. The maximum atomic E-state index is 7.75. The van der Waals surface area contributed by atoms with Gasteiger partial charge in [0.15, 0.2) is 0 Å². The SMILES string of the molecule is CC(C)O[PH+](OC(C)C)OC(C)C.CC(C)O[PH+](OC(C)C)OC(C)C.CC(C)O[PH+](OC(C)C)OC(C)C.CC(C)O[PH+](OC(C)C)OC(C)C.[CH-]=O.[CH-]=O.[Rh+2].[Rh]. The molecular weight excluding hydrogens is 1010 g/mol. The third-order valence-corrected chi connectivity index (χ3v) is 11.9. The number of hydrogen-bond acceptors (Lipinski definition) is 14. The summed E-state index contributed by atoms with van der Waals surface area (Å²) < 4.78 is 66.4. The second-order valence-corrected chi connectivity index (χ2v) is 19.8. The van der Waals surface area contributed by atoms with Crippen LogP contribution >= 0.6 is 34.4 Å². The van der Waals surface area contributed by atoms with Crippen molar-refractivity contribution in [1.29, 1.82) is 0 Å². The Labute approximate surface area is 388 Å². The van der Waals surface area contributed by atoms with Crippen LogP contribution in [0.3, 0.4) is 0 Å². The first-order valence-electron chi connectivity index (χ1n) is 19.6. The normalized spacial score (nSPS) is 11.3. The van der Waals surface area contributed by atoms with Crippen molar-refractivity contribution in [2.75, 3.05) is 0 Å². The Morgan fingerprint density at radius 2 is 0.276 bits per heavy atom. The van der Waals surface area contributed by atoms with Gasteiger partial charge in [-0.05, 0) is 166 Å². The van der Waals surface area contributed by atoms with Crippen LogP contribution in [0.1, 0.15) is 166 Å². The van der Waals surface area contributed by atoms with Crippen LogP contribution in [0.15, 0.2) is 0 Å². The molecule has 0 heterocycles. The van der Waals surface area contributed by atoms with Crippen molar-refractivity contribution in [1.82, 2.24) is 0 Å². The van der Waals surface area contributed by atoms with Crippen molar-refractivity contribution in [3.05, 3.63) is 0 Å². The Morgan fingerprint density at radius 1 is 0.224 bits per heavy atom. The summed E-state index contributed by atoms with van der Waals surface area (Å²) in [6.07, 6.45) is 1.90. The molecule has 0 saturated heterocycles. The summed E-state index contributed by atoms with van der Waals surface area (Å²) in [7, 11) is -6.17. The molecule has 0 aliphatic carbocycles. The Morgan fingerprint density at radius 3 is 0.310 bits per heavy atom. The fraction of sp³-hybridized carbons (Fsp3) is 0.947. The van der Waals surface area contributed by atoms with E-state index in [1.165, 1.54) is 0 Å². The van der Waals surface area contributed by atoms with Gasteiger partial charge in [-0.1, -0.05) is 0 Å². The second-order valence-electron chi connectivity index (χ2n) is 15.0. The molecule has 0 bridgehead atoms. The number of hydrogen-bond donors (Lipinski definition) is 0. The van der Waals surface area contributed by atoms with E-state index in [0.717, 1.165) is 0 Å². The topological polar surface area (TPSA) is 145 Å². The third-order valence-electron chi connectivity index (χ3n) is 3.98. The van der Waals surface area contributed by atoms with Gasteiger partial charge in [0, 0.05) is 19.5 Å². The molecule has 0 aromatic carbocycles. The molecule has 20 heteroatoms. The van der Waals surface area contributed by atoms with E-state index in [4.69, 9.17) is 63.9 Å². The fourth-order valence-corrected chi connectivity index (χ4v) is 7.93. The van der Waals surface area contributed by atoms with Gasteiger partial charge in [0.2, 0.25) is 0 Å². The predicted molar refractivity (Wildman–Crippen MR) is 241 cm³/mol. The first kappa shape index (κ1) is 77.1. The van der Waals surface area contributed by atoms with E-state index in [9.17, 15) is 0 Å². The van der Waals surface area contributed by atoms with Crippen molar-refractivity contribution in [2.24, 2.45) is 0 Å². The van der Waals surface area contributed by atoms with Crippen molar-refractivity contribution < 1.29 is 103 Å². The molecule has 0 atom stereocenters. The van der Waals surface area contributed by atoms with Gasteiger partial charge < -0.3 is 9.59 Å². The summed E-state index contributed by atoms with van der Waals surface area (Å²) in [6, 6.07) is 0. The zero-order valence-corrected chi connectivity index (χ0v) is 47.7. The molecule has 58 heavy (non-hydrogen) atoms. The Hall–Kier alpha value is 1.83. The molecule has 0 amide bonds. The first-order valence-corrected chi connectivity index (χ1v) is 24.5. The van der Waals surface area contributed by atoms with Gasteiger partial charge in [0.05, 0.1) is 0 Å². The molecule has 0 aliphatic rings. The van der Waals surface area contributed by atoms with E-state index in [-0.39, 0.29) is 112 Å². The van der Waals surface area contributed by atoms with Crippen molar-refractivity contribution in [3.8, 4) is 0 Å². The smallest absolute Gasteiger partial charge is 0.545 e. The molecule has 0 saturated carbocycles. The molecule has 0 unspecified atom stereocenters. The van der Waals surface area contributed by atoms with E-state index in [0.29, 0.717) is 0 Å². The molecule has 0 N–H and O–H groups in total. The molecule has 0 rings (SSSR count). The molecule has 0 fully saturated rings. The summed E-state index contributed by atoms with van der Waals surface area (Å²) in [5.41, 5.74) is 0. The van der Waals surface area contributed by atoms with E-state index in [2.05, 4.69) is 13.6 Å². The van der Waals surface area contributed by atoms with E-state index in [1.54, 1.807) is 0 Å². The minimum atomic E-state index is -1.54. The molecule has 0 aromatic rings. The van der Waals surface area contributed by atoms with E-state index in [1.807, 2.05) is 166 Å². The van der Waals surface area contributed by atoms with Crippen LogP contribution in [-0.4, -0.2) is 86.8 Å². The van der Waals surface area contributed by atoms with Crippen molar-refractivity contribution in [3.63, 3.8) is 0 Å². The van der Waals surface area contributed by atoms with E-state index < -0.39 is 34.4 Å². The molecule has 360 valence electrons. The van der Waals surface area contributed by atoms with E-state index >= 15 is 0 Å². The van der Waals surface area contributed by atoms with Crippen LogP contribution < -0.4 is 0 Å². The zero-order valence-electron chi connectivity index (χ0n) is 40.5. The Bertz CT molecular complexity index is 574. The molecule has 14 nitrogen and oxygen atoms in total. The van der Waals surface area contributed by atoms with Gasteiger partial charge in [-0.2, -0.15) is 54.3 Å². The fourth-order valence-electron chi connectivity index (χ4n) is 2.64. The molecule has 2 radical (unpaired) electrons. The van der Waals surface area contributed by atoms with Gasteiger partial charge >= 0.3 is 53.9 Å². The van der Waals surface area contributed by atoms with Gasteiger partial charge in [0.1, 0.15) is 73.2 Å². The van der Waals surface area contributed by atoms with Crippen LogP contribution in [0.4, 0.5) is 0 Å². The summed E-state index contributed by atoms with van der Waals surface area (Å²) in [5.74, 6) is 0. The van der Waals surface area contributed by atoms with Gasteiger partial charge in [-0.3, -0.25) is 13.6 Å². The van der Waals surface area contributed by atoms with Gasteiger partial charge in [-0.15, -0.1) is 0 Å². The summed E-state index contributed by atoms with van der Waals surface area (Å²) in [4.78, 5) is 15.5. The third kappa shape index (κ3) is 75.2. The predicted octanol–water partition coefficient (Wildman–Crippen LogP) is 12.3. The molecule has 0 aromatic heterocycles. The average molecular weight is 1100 g/mol. The quantitative estimate of drug-likeness (QED) is 0.0391. The van der Waals surface area contributed by atoms with Gasteiger partial charge in [0.25, 0.3) is 0 Å². The second kappa shape index (κ2) is 51.5. The molecular formula is C38H90O14P4Rh2+4. The van der Waals surface area contributed by atoms with Crippen LogP contribution in [-0.2, 0) is 103 Å². The Balaban J connectivity index is -0.0000000919. The Kier molecular flexibility index (Phi) is 68.4. The minimum Gasteiger partial charge on any atom is -0.545 e. The maximum absolute atomic E-state index is 7.75.